The number of carbonyl (C=O) groups is 2. The summed E-state index contributed by atoms with van der Waals surface area (Å²) in [6.45, 7) is 0.550. The maximum Gasteiger partial charge on any atom is 0.258 e. The highest BCUT2D eigenvalue weighted by atomic mass is 16.2. The molecule has 1 aliphatic heterocycles. The van der Waals surface area contributed by atoms with Crippen LogP contribution in [0.25, 0.3) is 10.9 Å². The van der Waals surface area contributed by atoms with Crippen molar-refractivity contribution >= 4 is 22.7 Å². The van der Waals surface area contributed by atoms with Gasteiger partial charge in [0.05, 0.1) is 10.9 Å². The van der Waals surface area contributed by atoms with E-state index in [4.69, 9.17) is 5.73 Å². The number of H-pyrrole nitrogens is 1. The number of hydrogen-bond acceptors (Lipinski definition) is 4. The largest absolute Gasteiger partial charge is 0.368 e. The molecular formula is C16H18N4O3. The summed E-state index contributed by atoms with van der Waals surface area (Å²) in [6, 6.07) is 6.55. The van der Waals surface area contributed by atoms with Gasteiger partial charge < -0.3 is 15.6 Å². The van der Waals surface area contributed by atoms with E-state index in [9.17, 15) is 14.4 Å². The fourth-order valence-corrected chi connectivity index (χ4v) is 2.98. The minimum absolute atomic E-state index is 0.137. The number of fused-ring (bicyclic) bond motifs is 1. The van der Waals surface area contributed by atoms with Gasteiger partial charge in [-0.25, -0.2) is 4.98 Å². The fraction of sp³-hybridized carbons (Fsp3) is 0.375. The molecule has 1 aromatic carbocycles. The summed E-state index contributed by atoms with van der Waals surface area (Å²) in [5.74, 6) is -0.132. The van der Waals surface area contributed by atoms with Crippen molar-refractivity contribution in [3.63, 3.8) is 0 Å². The Hall–Kier alpha value is -2.70. The van der Waals surface area contributed by atoms with E-state index in [1.165, 1.54) is 4.90 Å². The van der Waals surface area contributed by atoms with Crippen molar-refractivity contribution in [2.24, 2.45) is 5.73 Å². The minimum Gasteiger partial charge on any atom is -0.368 e. The van der Waals surface area contributed by atoms with Gasteiger partial charge in [0.25, 0.3) is 5.56 Å². The fourth-order valence-electron chi connectivity index (χ4n) is 2.98. The van der Waals surface area contributed by atoms with Crippen LogP contribution in [-0.4, -0.2) is 39.3 Å². The van der Waals surface area contributed by atoms with Crippen molar-refractivity contribution in [1.29, 1.82) is 0 Å². The van der Waals surface area contributed by atoms with Gasteiger partial charge in [-0.2, -0.15) is 0 Å². The van der Waals surface area contributed by atoms with Crippen molar-refractivity contribution in [1.82, 2.24) is 14.9 Å². The van der Waals surface area contributed by atoms with Crippen LogP contribution in [-0.2, 0) is 16.0 Å². The summed E-state index contributed by atoms with van der Waals surface area (Å²) >= 11 is 0. The zero-order valence-corrected chi connectivity index (χ0v) is 12.6. The molecule has 2 aromatic rings. The van der Waals surface area contributed by atoms with Crippen LogP contribution in [0, 0.1) is 0 Å². The number of benzene rings is 1. The molecule has 3 N–H and O–H groups in total. The van der Waals surface area contributed by atoms with Gasteiger partial charge in [0, 0.05) is 19.4 Å². The second-order valence-corrected chi connectivity index (χ2v) is 5.68. The SMILES string of the molecule is NC(=O)[C@H]1CCCN1C(=O)CCc1nc2ccccc2c(=O)[nH]1. The van der Waals surface area contributed by atoms with Crippen LogP contribution in [0.4, 0.5) is 0 Å². The Kier molecular flexibility index (Phi) is 4.10. The summed E-state index contributed by atoms with van der Waals surface area (Å²) in [5, 5.41) is 0.524. The molecule has 0 unspecified atom stereocenters. The summed E-state index contributed by atoms with van der Waals surface area (Å²) in [6.07, 6.45) is 1.91. The van der Waals surface area contributed by atoms with Crippen molar-refractivity contribution in [3.05, 3.63) is 40.4 Å². The smallest absolute Gasteiger partial charge is 0.258 e. The highest BCUT2D eigenvalue weighted by Crippen LogP contribution is 2.18. The number of rotatable bonds is 4. The molecule has 120 valence electrons. The van der Waals surface area contributed by atoms with Gasteiger partial charge in [-0.1, -0.05) is 12.1 Å². The number of primary amides is 1. The molecule has 2 amide bonds. The Balaban J connectivity index is 1.72. The molecule has 7 heteroatoms. The van der Waals surface area contributed by atoms with Gasteiger partial charge in [0.1, 0.15) is 11.9 Å². The maximum atomic E-state index is 12.3. The van der Waals surface area contributed by atoms with E-state index in [0.717, 1.165) is 6.42 Å². The van der Waals surface area contributed by atoms with Gasteiger partial charge in [-0.05, 0) is 25.0 Å². The third-order valence-corrected chi connectivity index (χ3v) is 4.14. The summed E-state index contributed by atoms with van der Waals surface area (Å²) in [5.41, 5.74) is 5.72. The molecule has 0 aliphatic carbocycles. The van der Waals surface area contributed by atoms with E-state index in [0.29, 0.717) is 36.1 Å². The zero-order chi connectivity index (χ0) is 16.4. The van der Waals surface area contributed by atoms with Crippen LogP contribution in [0.15, 0.2) is 29.1 Å². The predicted molar refractivity (Wildman–Crippen MR) is 84.6 cm³/mol. The highest BCUT2D eigenvalue weighted by Gasteiger charge is 2.32. The van der Waals surface area contributed by atoms with Gasteiger partial charge in [-0.3, -0.25) is 14.4 Å². The number of aryl methyl sites for hydroxylation is 1. The van der Waals surface area contributed by atoms with Crippen LogP contribution < -0.4 is 11.3 Å². The van der Waals surface area contributed by atoms with Crippen LogP contribution in [0.1, 0.15) is 25.1 Å². The number of nitrogens with zero attached hydrogens (tertiary/aromatic N) is 2. The Morgan fingerprint density at radius 2 is 2.13 bits per heavy atom. The highest BCUT2D eigenvalue weighted by molar-refractivity contribution is 5.87. The first-order chi connectivity index (χ1) is 11.1. The molecule has 0 saturated carbocycles. The molecule has 7 nitrogen and oxygen atoms in total. The van der Waals surface area contributed by atoms with Crippen LogP contribution in [0.2, 0.25) is 0 Å². The molecule has 1 saturated heterocycles. The summed E-state index contributed by atoms with van der Waals surface area (Å²) in [4.78, 5) is 44.2. The van der Waals surface area contributed by atoms with Crippen LogP contribution in [0.3, 0.4) is 0 Å². The van der Waals surface area contributed by atoms with Gasteiger partial charge in [-0.15, -0.1) is 0 Å². The van der Waals surface area contributed by atoms with E-state index in [1.54, 1.807) is 18.2 Å². The number of aromatic amines is 1. The average Bonchev–Trinajstić information content (AvgIpc) is 3.02. The lowest BCUT2D eigenvalue weighted by Gasteiger charge is -2.22. The monoisotopic (exact) mass is 314 g/mol. The first-order valence-corrected chi connectivity index (χ1v) is 7.63. The maximum absolute atomic E-state index is 12.3. The second kappa shape index (κ2) is 6.20. The third-order valence-electron chi connectivity index (χ3n) is 4.14. The molecule has 0 radical (unpaired) electrons. The minimum atomic E-state index is -0.508. The lowest BCUT2D eigenvalue weighted by atomic mass is 10.2. The molecule has 1 aliphatic rings. The number of hydrogen-bond donors (Lipinski definition) is 2. The molecule has 1 atom stereocenters. The Morgan fingerprint density at radius 3 is 2.91 bits per heavy atom. The number of nitrogens with two attached hydrogens (primary N) is 1. The van der Waals surface area contributed by atoms with Crippen LogP contribution >= 0.6 is 0 Å². The van der Waals surface area contributed by atoms with Crippen molar-refractivity contribution < 1.29 is 9.59 Å². The Labute approximate surface area is 132 Å². The van der Waals surface area contributed by atoms with Gasteiger partial charge in [0.15, 0.2) is 0 Å². The van der Waals surface area contributed by atoms with E-state index < -0.39 is 11.9 Å². The molecule has 3 rings (SSSR count). The number of likely N-dealkylation sites (tertiary alicyclic amines) is 1. The first kappa shape index (κ1) is 15.2. The molecule has 23 heavy (non-hydrogen) atoms. The van der Waals surface area contributed by atoms with Gasteiger partial charge >= 0.3 is 0 Å². The lowest BCUT2D eigenvalue weighted by molar-refractivity contribution is -0.137. The zero-order valence-electron chi connectivity index (χ0n) is 12.6. The Bertz CT molecular complexity index is 814. The number of aromatic nitrogens is 2. The van der Waals surface area contributed by atoms with E-state index in [1.807, 2.05) is 6.07 Å². The topological polar surface area (TPSA) is 109 Å². The number of para-hydroxylation sites is 1. The van der Waals surface area contributed by atoms with Crippen molar-refractivity contribution in [3.8, 4) is 0 Å². The molecule has 1 aromatic heterocycles. The Morgan fingerprint density at radius 1 is 1.35 bits per heavy atom. The number of amides is 2. The van der Waals surface area contributed by atoms with Crippen LogP contribution in [0.5, 0.6) is 0 Å². The molecular weight excluding hydrogens is 296 g/mol. The van der Waals surface area contributed by atoms with Crippen molar-refractivity contribution in [2.45, 2.75) is 31.7 Å². The molecule has 0 spiro atoms. The summed E-state index contributed by atoms with van der Waals surface area (Å²) in [7, 11) is 0. The standard InChI is InChI=1S/C16H18N4O3/c17-15(22)12-6-3-9-20(12)14(21)8-7-13-18-11-5-2-1-4-10(11)16(23)19-13/h1-2,4-5,12H,3,6-9H2,(H2,17,22)(H,18,19,23)/t12-/m1/s1. The molecule has 2 heterocycles. The van der Waals surface area contributed by atoms with E-state index in [2.05, 4.69) is 9.97 Å². The number of nitrogens with one attached hydrogen (secondary N) is 1. The normalized spacial score (nSPS) is 17.6. The molecule has 1 fully saturated rings. The van der Waals surface area contributed by atoms with E-state index >= 15 is 0 Å². The second-order valence-electron chi connectivity index (χ2n) is 5.68. The predicted octanol–water partition coefficient (Wildman–Crippen LogP) is 0.332. The van der Waals surface area contributed by atoms with E-state index in [-0.39, 0.29) is 17.9 Å². The van der Waals surface area contributed by atoms with Crippen molar-refractivity contribution in [2.75, 3.05) is 6.54 Å². The number of carbonyl (C=O) groups excluding carboxylic acids is 2. The summed E-state index contributed by atoms with van der Waals surface area (Å²) < 4.78 is 0. The quantitative estimate of drug-likeness (QED) is 0.847. The average molecular weight is 314 g/mol. The molecule has 0 bridgehead atoms. The lowest BCUT2D eigenvalue weighted by Crippen LogP contribution is -2.43. The van der Waals surface area contributed by atoms with Gasteiger partial charge in [0.2, 0.25) is 11.8 Å². The first-order valence-electron chi connectivity index (χ1n) is 7.63. The third kappa shape index (κ3) is 3.08.